The number of nitrogens with zero attached hydrogens (tertiary/aromatic N) is 3. The number of oxazole rings is 1. The Kier molecular flexibility index (Phi) is 6.43. The van der Waals surface area contributed by atoms with Gasteiger partial charge in [0, 0.05) is 16.5 Å². The Morgan fingerprint density at radius 3 is 2.02 bits per heavy atom. The third-order valence-electron chi connectivity index (χ3n) is 8.85. The van der Waals surface area contributed by atoms with E-state index in [2.05, 4.69) is 126 Å². The van der Waals surface area contributed by atoms with Gasteiger partial charge in [0.2, 0.25) is 0 Å². The monoisotopic (exact) mass is 601 g/mol. The first kappa shape index (κ1) is 27.0. The molecule has 0 aliphatic heterocycles. The van der Waals surface area contributed by atoms with Crippen LogP contribution in [-0.2, 0) is 0 Å². The van der Waals surface area contributed by atoms with Gasteiger partial charge in [-0.05, 0) is 68.4 Å². The molecule has 2 aromatic heterocycles. The van der Waals surface area contributed by atoms with Crippen molar-refractivity contribution in [3.05, 3.63) is 164 Å². The van der Waals surface area contributed by atoms with Crippen LogP contribution in [-0.4, -0.2) is 15.0 Å². The zero-order chi connectivity index (χ0) is 31.2. The van der Waals surface area contributed by atoms with Crippen LogP contribution in [0, 0.1) is 0 Å². The second-order valence-corrected chi connectivity index (χ2v) is 11.7. The fourth-order valence-corrected chi connectivity index (χ4v) is 6.53. The number of fused-ring (bicyclic) bond motifs is 3. The molecular weight excluding hydrogens is 574 g/mol. The Balaban J connectivity index is 1.17. The summed E-state index contributed by atoms with van der Waals surface area (Å²) in [4.78, 5) is 14.3. The highest BCUT2D eigenvalue weighted by atomic mass is 16.3. The molecule has 4 heteroatoms. The Morgan fingerprint density at radius 1 is 0.426 bits per heavy atom. The van der Waals surface area contributed by atoms with E-state index in [4.69, 9.17) is 14.4 Å². The van der Waals surface area contributed by atoms with E-state index in [1.807, 2.05) is 36.4 Å². The van der Waals surface area contributed by atoms with Crippen molar-refractivity contribution >= 4 is 32.8 Å². The van der Waals surface area contributed by atoms with Crippen LogP contribution in [0.2, 0.25) is 0 Å². The van der Waals surface area contributed by atoms with Crippen molar-refractivity contribution in [2.75, 3.05) is 0 Å². The van der Waals surface area contributed by atoms with E-state index in [1.165, 1.54) is 28.3 Å². The van der Waals surface area contributed by atoms with Gasteiger partial charge in [-0.25, -0.2) is 15.0 Å². The van der Waals surface area contributed by atoms with Gasteiger partial charge >= 0.3 is 0 Å². The highest BCUT2D eigenvalue weighted by Crippen LogP contribution is 2.40. The third-order valence-corrected chi connectivity index (χ3v) is 8.85. The predicted octanol–water partition coefficient (Wildman–Crippen LogP) is 11.3. The maximum atomic E-state index is 5.60. The van der Waals surface area contributed by atoms with E-state index in [0.717, 1.165) is 66.9 Å². The summed E-state index contributed by atoms with van der Waals surface area (Å²) in [5.41, 5.74) is 12.5. The average Bonchev–Trinajstić information content (AvgIpc) is 3.63. The van der Waals surface area contributed by atoms with Gasteiger partial charge in [0.05, 0.1) is 11.2 Å². The minimum absolute atomic E-state index is 0.725. The van der Waals surface area contributed by atoms with Crippen molar-refractivity contribution in [1.29, 1.82) is 0 Å². The maximum Gasteiger partial charge on any atom is 0.181 e. The number of aromatic nitrogens is 3. The first-order valence-electron chi connectivity index (χ1n) is 15.7. The molecule has 0 fully saturated rings. The number of rotatable bonds is 5. The zero-order valence-corrected chi connectivity index (χ0v) is 25.3. The van der Waals surface area contributed by atoms with Crippen LogP contribution in [0.5, 0.6) is 0 Å². The normalized spacial score (nSPS) is 11.4. The van der Waals surface area contributed by atoms with Crippen molar-refractivity contribution in [2.24, 2.45) is 0 Å². The summed E-state index contributed by atoms with van der Waals surface area (Å²) in [6.45, 7) is 0. The first-order chi connectivity index (χ1) is 23.3. The second kappa shape index (κ2) is 11.2. The van der Waals surface area contributed by atoms with Gasteiger partial charge < -0.3 is 4.42 Å². The molecule has 7 aromatic carbocycles. The van der Waals surface area contributed by atoms with E-state index in [0.29, 0.717) is 0 Å². The minimum atomic E-state index is 0.725. The van der Waals surface area contributed by atoms with E-state index in [1.54, 1.807) is 0 Å². The largest absolute Gasteiger partial charge is 0.443 e. The van der Waals surface area contributed by atoms with Crippen LogP contribution >= 0.6 is 0 Å². The van der Waals surface area contributed by atoms with E-state index in [-0.39, 0.29) is 0 Å². The number of hydrogen-bond donors (Lipinski definition) is 0. The van der Waals surface area contributed by atoms with Crippen LogP contribution < -0.4 is 0 Å². The number of hydrogen-bond acceptors (Lipinski definition) is 4. The molecule has 0 saturated heterocycles. The minimum Gasteiger partial charge on any atom is -0.443 e. The maximum absolute atomic E-state index is 5.60. The lowest BCUT2D eigenvalue weighted by Crippen LogP contribution is -1.95. The van der Waals surface area contributed by atoms with Crippen LogP contribution in [0.3, 0.4) is 0 Å². The lowest BCUT2D eigenvalue weighted by Gasteiger charge is -2.16. The molecule has 0 radical (unpaired) electrons. The molecule has 2 heterocycles. The Labute approximate surface area is 271 Å². The van der Waals surface area contributed by atoms with Gasteiger partial charge in [-0.3, -0.25) is 0 Å². The molecule has 0 spiro atoms. The molecule has 0 aliphatic rings. The van der Waals surface area contributed by atoms with Gasteiger partial charge in [-0.15, -0.1) is 0 Å². The van der Waals surface area contributed by atoms with Crippen LogP contribution in [0.15, 0.2) is 169 Å². The summed E-state index contributed by atoms with van der Waals surface area (Å²) >= 11 is 0. The fourth-order valence-electron chi connectivity index (χ4n) is 6.53. The van der Waals surface area contributed by atoms with E-state index < -0.39 is 0 Å². The lowest BCUT2D eigenvalue weighted by atomic mass is 9.88. The van der Waals surface area contributed by atoms with Crippen LogP contribution in [0.4, 0.5) is 0 Å². The van der Waals surface area contributed by atoms with Crippen molar-refractivity contribution in [1.82, 2.24) is 15.0 Å². The van der Waals surface area contributed by atoms with E-state index >= 15 is 0 Å². The molecule has 4 nitrogen and oxygen atoms in total. The highest BCUT2D eigenvalue weighted by molar-refractivity contribution is 6.05. The topological polar surface area (TPSA) is 51.8 Å². The fraction of sp³-hybridized carbons (Fsp3) is 0. The molecule has 0 aliphatic carbocycles. The Bertz CT molecular complexity index is 2570. The molecular formula is C43H27N3O. The molecule has 220 valence electrons. The summed E-state index contributed by atoms with van der Waals surface area (Å²) in [6.07, 6.45) is 1.49. The quantitative estimate of drug-likeness (QED) is 0.197. The molecule has 9 aromatic rings. The Morgan fingerprint density at radius 2 is 1.13 bits per heavy atom. The van der Waals surface area contributed by atoms with Gasteiger partial charge in [-0.1, -0.05) is 133 Å². The molecule has 0 saturated carbocycles. The lowest BCUT2D eigenvalue weighted by molar-refractivity contribution is 0.602. The second-order valence-electron chi connectivity index (χ2n) is 11.7. The third kappa shape index (κ3) is 4.84. The summed E-state index contributed by atoms with van der Waals surface area (Å²) < 4.78 is 5.60. The van der Waals surface area contributed by atoms with Gasteiger partial charge in [0.1, 0.15) is 5.52 Å². The predicted molar refractivity (Wildman–Crippen MR) is 192 cm³/mol. The number of para-hydroxylation sites is 1. The number of benzene rings is 7. The van der Waals surface area contributed by atoms with Crippen LogP contribution in [0.25, 0.3) is 88.8 Å². The van der Waals surface area contributed by atoms with Crippen molar-refractivity contribution < 1.29 is 4.42 Å². The average molecular weight is 602 g/mol. The molecule has 0 amide bonds. The van der Waals surface area contributed by atoms with Gasteiger partial charge in [0.15, 0.2) is 17.8 Å². The molecule has 0 unspecified atom stereocenters. The molecule has 0 atom stereocenters. The van der Waals surface area contributed by atoms with Gasteiger partial charge in [-0.2, -0.15) is 0 Å². The van der Waals surface area contributed by atoms with Crippen molar-refractivity contribution in [3.8, 4) is 56.0 Å². The van der Waals surface area contributed by atoms with Crippen molar-refractivity contribution in [2.45, 2.75) is 0 Å². The summed E-state index contributed by atoms with van der Waals surface area (Å²) in [7, 11) is 0. The molecule has 47 heavy (non-hydrogen) atoms. The molecule has 0 N–H and O–H groups in total. The zero-order valence-electron chi connectivity index (χ0n) is 25.3. The standard InChI is InChI=1S/C43H27N3O/c1-2-10-31(11-3-1)43-45-38-16-7-6-15-37(38)42(46-43)30-19-17-29(18-20-30)36-23-21-28-9-4-5-14-35(28)41(36)34-13-8-12-32(25-34)33-22-24-39-40(26-33)47-27-44-39/h1-27H. The summed E-state index contributed by atoms with van der Waals surface area (Å²) in [5.74, 6) is 0.725. The highest BCUT2D eigenvalue weighted by Gasteiger charge is 2.15. The van der Waals surface area contributed by atoms with E-state index in [9.17, 15) is 0 Å². The van der Waals surface area contributed by atoms with Gasteiger partial charge in [0.25, 0.3) is 0 Å². The summed E-state index contributed by atoms with van der Waals surface area (Å²) in [5, 5.41) is 3.45. The molecule has 9 rings (SSSR count). The summed E-state index contributed by atoms with van der Waals surface area (Å²) in [6, 6.07) is 55.2. The first-order valence-corrected chi connectivity index (χ1v) is 15.7. The van der Waals surface area contributed by atoms with Crippen molar-refractivity contribution in [3.63, 3.8) is 0 Å². The Hall–Kier alpha value is -6.39. The van der Waals surface area contributed by atoms with Crippen LogP contribution in [0.1, 0.15) is 0 Å². The molecule has 0 bridgehead atoms. The SMILES string of the molecule is c1ccc(-c2nc(-c3ccc(-c4ccc5ccccc5c4-c4cccc(-c5ccc6ncoc6c5)c4)cc3)c3ccccc3n2)cc1. The smallest absolute Gasteiger partial charge is 0.181 e.